The summed E-state index contributed by atoms with van der Waals surface area (Å²) < 4.78 is 2.48. The van der Waals surface area contributed by atoms with E-state index in [0.29, 0.717) is 0 Å². The van der Waals surface area contributed by atoms with E-state index in [2.05, 4.69) is 209 Å². The van der Waals surface area contributed by atoms with Crippen molar-refractivity contribution in [3.63, 3.8) is 0 Å². The normalized spacial score (nSPS) is 16.1. The van der Waals surface area contributed by atoms with Crippen LogP contribution < -0.4 is 4.90 Å². The summed E-state index contributed by atoms with van der Waals surface area (Å²) in [5.41, 5.74) is 18.3. The Balaban J connectivity index is 1.09. The van der Waals surface area contributed by atoms with E-state index in [1.54, 1.807) is 0 Å². The Morgan fingerprint density at radius 2 is 1.07 bits per heavy atom. The largest absolute Gasteiger partial charge is 0.310 e. The van der Waals surface area contributed by atoms with Crippen LogP contribution in [0.2, 0.25) is 0 Å². The molecule has 0 radical (unpaired) electrons. The van der Waals surface area contributed by atoms with Gasteiger partial charge in [0.05, 0.1) is 11.0 Å². The van der Waals surface area contributed by atoms with E-state index in [1.165, 1.54) is 84.8 Å². The number of nitrogens with zero attached hydrogens (tertiary/aromatic N) is 2. The topological polar surface area (TPSA) is 8.17 Å². The van der Waals surface area contributed by atoms with Gasteiger partial charge in [-0.3, -0.25) is 0 Å². The second-order valence-electron chi connectivity index (χ2n) is 17.7. The zero-order valence-electron chi connectivity index (χ0n) is 32.8. The van der Waals surface area contributed by atoms with Gasteiger partial charge >= 0.3 is 0 Å². The lowest BCUT2D eigenvalue weighted by atomic mass is 9.63. The van der Waals surface area contributed by atoms with Gasteiger partial charge < -0.3 is 9.47 Å². The summed E-state index contributed by atoms with van der Waals surface area (Å²) in [6.07, 6.45) is 2.42. The maximum Gasteiger partial charge on any atom is 0.0541 e. The Labute approximate surface area is 325 Å². The van der Waals surface area contributed by atoms with Crippen LogP contribution in [0, 0.1) is 0 Å². The van der Waals surface area contributed by atoms with Gasteiger partial charge in [-0.2, -0.15) is 0 Å². The zero-order valence-corrected chi connectivity index (χ0v) is 32.8. The highest BCUT2D eigenvalue weighted by Gasteiger charge is 2.38. The van der Waals surface area contributed by atoms with Crippen LogP contribution >= 0.6 is 0 Å². The Morgan fingerprint density at radius 3 is 1.91 bits per heavy atom. The number of anilines is 3. The molecular weight excluding hydrogens is 665 g/mol. The van der Waals surface area contributed by atoms with Crippen molar-refractivity contribution in [2.75, 3.05) is 4.90 Å². The van der Waals surface area contributed by atoms with Gasteiger partial charge in [-0.15, -0.1) is 0 Å². The van der Waals surface area contributed by atoms with E-state index in [1.807, 2.05) is 0 Å². The lowest BCUT2D eigenvalue weighted by Crippen LogP contribution is -2.33. The molecule has 0 fully saturated rings. The minimum Gasteiger partial charge on any atom is -0.310 e. The summed E-state index contributed by atoms with van der Waals surface area (Å²) in [6, 6.07) is 58.9. The van der Waals surface area contributed by atoms with Crippen molar-refractivity contribution < 1.29 is 0 Å². The van der Waals surface area contributed by atoms with Gasteiger partial charge in [-0.25, -0.2) is 0 Å². The van der Waals surface area contributed by atoms with Gasteiger partial charge in [0.2, 0.25) is 0 Å². The molecule has 0 unspecified atom stereocenters. The van der Waals surface area contributed by atoms with Crippen molar-refractivity contribution in [3.8, 4) is 27.9 Å². The van der Waals surface area contributed by atoms with Gasteiger partial charge in [-0.1, -0.05) is 133 Å². The summed E-state index contributed by atoms with van der Waals surface area (Å²) in [4.78, 5) is 2.41. The molecule has 10 rings (SSSR count). The van der Waals surface area contributed by atoms with Crippen LogP contribution in [0.1, 0.15) is 76.6 Å². The molecule has 55 heavy (non-hydrogen) atoms. The number of fused-ring (bicyclic) bond motifs is 7. The molecule has 0 aliphatic heterocycles. The summed E-state index contributed by atoms with van der Waals surface area (Å²) >= 11 is 0. The molecule has 7 aromatic carbocycles. The molecule has 8 aromatic rings. The third-order valence-electron chi connectivity index (χ3n) is 13.0. The first-order valence-electron chi connectivity index (χ1n) is 19.9. The van der Waals surface area contributed by atoms with Crippen LogP contribution in [0.5, 0.6) is 0 Å². The van der Waals surface area contributed by atoms with Crippen molar-refractivity contribution in [2.24, 2.45) is 0 Å². The third kappa shape index (κ3) is 5.22. The molecule has 1 heterocycles. The van der Waals surface area contributed by atoms with Gasteiger partial charge in [0.1, 0.15) is 0 Å². The molecule has 0 amide bonds. The Hall–Kier alpha value is -5.86. The molecular formula is C53H48N2. The summed E-state index contributed by atoms with van der Waals surface area (Å²) in [6.45, 7) is 14.4. The monoisotopic (exact) mass is 712 g/mol. The van der Waals surface area contributed by atoms with Crippen molar-refractivity contribution in [1.29, 1.82) is 0 Å². The number of benzene rings is 7. The predicted molar refractivity (Wildman–Crippen MR) is 234 cm³/mol. The van der Waals surface area contributed by atoms with Gasteiger partial charge in [0, 0.05) is 38.9 Å². The highest BCUT2D eigenvalue weighted by molar-refractivity contribution is 6.10. The molecule has 0 saturated carbocycles. The van der Waals surface area contributed by atoms with Crippen LogP contribution in [0.4, 0.5) is 17.1 Å². The Kier molecular flexibility index (Phi) is 7.39. The van der Waals surface area contributed by atoms with Crippen molar-refractivity contribution >= 4 is 38.9 Å². The standard InChI is InChI=1S/C53H48N2/c1-51(2)29-30-52(3,4)48-34-40(25-27-46(48)51)55-49-22-13-11-20-43(49)44-32-36(23-28-50(44)55)35-15-14-18-38(31-35)54(37-16-8-7-9-17-37)39-24-26-42-41-19-10-12-21-45(41)53(5,6)47(42)33-39/h7-28,31-34H,29-30H2,1-6H3. The second-order valence-corrected chi connectivity index (χ2v) is 17.7. The number of rotatable bonds is 5. The highest BCUT2D eigenvalue weighted by Crippen LogP contribution is 2.51. The Bertz CT molecular complexity index is 2790. The maximum atomic E-state index is 2.48. The van der Waals surface area contributed by atoms with E-state index in [9.17, 15) is 0 Å². The smallest absolute Gasteiger partial charge is 0.0541 e. The average molecular weight is 713 g/mol. The molecule has 0 bridgehead atoms. The number of aromatic nitrogens is 1. The summed E-state index contributed by atoms with van der Waals surface area (Å²) in [5.74, 6) is 0. The second kappa shape index (κ2) is 12.1. The minimum atomic E-state index is -0.0768. The molecule has 2 nitrogen and oxygen atoms in total. The minimum absolute atomic E-state index is 0.0768. The van der Waals surface area contributed by atoms with E-state index in [0.717, 1.165) is 17.1 Å². The van der Waals surface area contributed by atoms with Crippen LogP contribution in [-0.2, 0) is 16.2 Å². The SMILES string of the molecule is CC1(C)CCC(C)(C)c2cc(-n3c4ccccc4c4cc(-c5cccc(N(c6ccccc6)c6ccc7c(c6)C(C)(C)c6ccccc6-7)c5)ccc43)ccc21. The molecule has 2 aliphatic carbocycles. The van der Waals surface area contributed by atoms with E-state index < -0.39 is 0 Å². The lowest BCUT2D eigenvalue weighted by molar-refractivity contribution is 0.332. The molecule has 2 aliphatic rings. The zero-order chi connectivity index (χ0) is 37.7. The highest BCUT2D eigenvalue weighted by atomic mass is 15.1. The number of para-hydroxylation sites is 2. The van der Waals surface area contributed by atoms with E-state index >= 15 is 0 Å². The van der Waals surface area contributed by atoms with Crippen molar-refractivity contribution in [3.05, 3.63) is 180 Å². The molecule has 1 aromatic heterocycles. The lowest BCUT2D eigenvalue weighted by Gasteiger charge is -2.42. The fraction of sp³-hybridized carbons (Fsp3) is 0.208. The van der Waals surface area contributed by atoms with Gasteiger partial charge in [0.15, 0.2) is 0 Å². The molecule has 270 valence electrons. The predicted octanol–water partition coefficient (Wildman–Crippen LogP) is 14.6. The van der Waals surface area contributed by atoms with Crippen molar-refractivity contribution in [1.82, 2.24) is 4.57 Å². The first kappa shape index (κ1) is 33.7. The molecule has 0 saturated heterocycles. The van der Waals surface area contributed by atoms with Crippen LogP contribution in [0.3, 0.4) is 0 Å². The van der Waals surface area contributed by atoms with Crippen LogP contribution in [0.25, 0.3) is 49.7 Å². The first-order valence-corrected chi connectivity index (χ1v) is 19.9. The average Bonchev–Trinajstić information content (AvgIpc) is 3.65. The molecule has 0 N–H and O–H groups in total. The van der Waals surface area contributed by atoms with Crippen LogP contribution in [0.15, 0.2) is 158 Å². The number of hydrogen-bond acceptors (Lipinski definition) is 1. The molecule has 2 heteroatoms. The van der Waals surface area contributed by atoms with Crippen LogP contribution in [-0.4, -0.2) is 4.57 Å². The van der Waals surface area contributed by atoms with Crippen molar-refractivity contribution in [2.45, 2.75) is 70.6 Å². The maximum absolute atomic E-state index is 2.48. The summed E-state index contributed by atoms with van der Waals surface area (Å²) in [7, 11) is 0. The fourth-order valence-electron chi connectivity index (χ4n) is 9.83. The number of hydrogen-bond donors (Lipinski definition) is 0. The quantitative estimate of drug-likeness (QED) is 0.172. The van der Waals surface area contributed by atoms with Gasteiger partial charge in [0.25, 0.3) is 0 Å². The van der Waals surface area contributed by atoms with E-state index in [4.69, 9.17) is 0 Å². The fourth-order valence-corrected chi connectivity index (χ4v) is 9.83. The summed E-state index contributed by atoms with van der Waals surface area (Å²) in [5, 5.41) is 2.55. The van der Waals surface area contributed by atoms with Gasteiger partial charge in [-0.05, 0) is 135 Å². The Morgan fingerprint density at radius 1 is 0.418 bits per heavy atom. The molecule has 0 atom stereocenters. The first-order chi connectivity index (χ1) is 26.5. The molecule has 0 spiro atoms. The third-order valence-corrected chi connectivity index (χ3v) is 13.0. The van der Waals surface area contributed by atoms with E-state index in [-0.39, 0.29) is 16.2 Å².